The molecule has 1 saturated carbocycles. The molecule has 0 bridgehead atoms. The summed E-state index contributed by atoms with van der Waals surface area (Å²) in [5, 5.41) is 7.84. The lowest BCUT2D eigenvalue weighted by Crippen LogP contribution is -2.21. The van der Waals surface area contributed by atoms with Gasteiger partial charge in [0.05, 0.1) is 6.61 Å². The third-order valence-electron chi connectivity index (χ3n) is 7.88. The molecule has 2 nitrogen and oxygen atoms in total. The zero-order valence-corrected chi connectivity index (χ0v) is 20.9. The fraction of sp³-hybridized carbons (Fsp3) is 0.690. The van der Waals surface area contributed by atoms with Crippen LogP contribution in [0.4, 0.5) is 0 Å². The molecule has 2 heteroatoms. The van der Waals surface area contributed by atoms with Gasteiger partial charge >= 0.3 is 0 Å². The summed E-state index contributed by atoms with van der Waals surface area (Å²) in [6, 6.07) is 9.30. The summed E-state index contributed by atoms with van der Waals surface area (Å²) in [5.41, 5.74) is 3.52. The zero-order chi connectivity index (χ0) is 22.8. The molecule has 0 amide bonds. The second-order valence-electron chi connectivity index (χ2n) is 10.1. The van der Waals surface area contributed by atoms with Crippen LogP contribution in [0.25, 0.3) is 0 Å². The Bertz CT molecular complexity index is 668. The second-order valence-corrected chi connectivity index (χ2v) is 10.1. The van der Waals surface area contributed by atoms with Gasteiger partial charge in [0.25, 0.3) is 0 Å². The Labute approximate surface area is 192 Å². The fourth-order valence-corrected chi connectivity index (χ4v) is 5.20. The van der Waals surface area contributed by atoms with Crippen LogP contribution in [0, 0.1) is 23.2 Å². The Hall–Kier alpha value is -1.57. The minimum absolute atomic E-state index is 0.210. The third-order valence-corrected chi connectivity index (χ3v) is 7.88. The van der Waals surface area contributed by atoms with Gasteiger partial charge in [-0.05, 0) is 80.2 Å². The van der Waals surface area contributed by atoms with E-state index < -0.39 is 0 Å². The molecule has 1 aromatic carbocycles. The lowest BCUT2D eigenvalue weighted by molar-refractivity contribution is 0.206. The SMILES string of the molecule is C=C(C)C(=N)OCC(CC)c1ccc(C2CCC(C(CC)CCC(C)CC)CC2)cc1. The average Bonchev–Trinajstić information content (AvgIpc) is 2.80. The molecule has 31 heavy (non-hydrogen) atoms. The summed E-state index contributed by atoms with van der Waals surface area (Å²) in [7, 11) is 0. The van der Waals surface area contributed by atoms with Crippen molar-refractivity contribution in [1.29, 1.82) is 5.41 Å². The molecule has 1 aliphatic rings. The van der Waals surface area contributed by atoms with E-state index in [1.165, 1.54) is 62.5 Å². The van der Waals surface area contributed by atoms with Crippen molar-refractivity contribution in [3.05, 3.63) is 47.5 Å². The van der Waals surface area contributed by atoms with Crippen molar-refractivity contribution < 1.29 is 4.74 Å². The van der Waals surface area contributed by atoms with Gasteiger partial charge < -0.3 is 4.74 Å². The van der Waals surface area contributed by atoms with Crippen LogP contribution in [0.1, 0.15) is 115 Å². The average molecular weight is 426 g/mol. The molecule has 0 saturated heterocycles. The Morgan fingerprint density at radius 1 is 1.00 bits per heavy atom. The predicted octanol–water partition coefficient (Wildman–Crippen LogP) is 8.88. The van der Waals surface area contributed by atoms with Crippen LogP contribution in [0.3, 0.4) is 0 Å². The number of hydrogen-bond donors (Lipinski definition) is 1. The molecule has 0 spiro atoms. The predicted molar refractivity (Wildman–Crippen MR) is 135 cm³/mol. The molecule has 0 aliphatic heterocycles. The Morgan fingerprint density at radius 2 is 1.65 bits per heavy atom. The summed E-state index contributed by atoms with van der Waals surface area (Å²) in [6.45, 7) is 15.5. The molecule has 0 radical (unpaired) electrons. The van der Waals surface area contributed by atoms with Crippen molar-refractivity contribution in [3.63, 3.8) is 0 Å². The van der Waals surface area contributed by atoms with Crippen molar-refractivity contribution in [1.82, 2.24) is 0 Å². The first-order chi connectivity index (χ1) is 14.9. The smallest absolute Gasteiger partial charge is 0.208 e. The highest BCUT2D eigenvalue weighted by molar-refractivity contribution is 5.89. The second kappa shape index (κ2) is 13.1. The van der Waals surface area contributed by atoms with Crippen LogP contribution in [0.5, 0.6) is 0 Å². The van der Waals surface area contributed by atoms with Gasteiger partial charge in [-0.2, -0.15) is 0 Å². The van der Waals surface area contributed by atoms with Crippen LogP contribution in [-0.4, -0.2) is 12.5 Å². The van der Waals surface area contributed by atoms with E-state index >= 15 is 0 Å². The van der Waals surface area contributed by atoms with Gasteiger partial charge in [-0.25, -0.2) is 0 Å². The van der Waals surface area contributed by atoms with Crippen molar-refractivity contribution in [3.8, 4) is 0 Å². The maximum Gasteiger partial charge on any atom is 0.208 e. The summed E-state index contributed by atoms with van der Waals surface area (Å²) in [6.07, 6.45) is 12.0. The molecule has 0 aromatic heterocycles. The van der Waals surface area contributed by atoms with Crippen LogP contribution < -0.4 is 0 Å². The van der Waals surface area contributed by atoms with E-state index in [1.807, 2.05) is 6.92 Å². The minimum atomic E-state index is 0.210. The monoisotopic (exact) mass is 425 g/mol. The molecule has 2 rings (SSSR count). The molecular weight excluding hydrogens is 378 g/mol. The zero-order valence-electron chi connectivity index (χ0n) is 20.9. The number of ether oxygens (including phenoxy) is 1. The van der Waals surface area contributed by atoms with Gasteiger partial charge in [0.2, 0.25) is 5.90 Å². The number of hydrogen-bond acceptors (Lipinski definition) is 2. The van der Waals surface area contributed by atoms with Crippen LogP contribution in [-0.2, 0) is 4.74 Å². The van der Waals surface area contributed by atoms with E-state index in [1.54, 1.807) is 0 Å². The van der Waals surface area contributed by atoms with E-state index in [9.17, 15) is 0 Å². The molecule has 174 valence electrons. The normalized spacial score (nSPS) is 21.8. The lowest BCUT2D eigenvalue weighted by atomic mass is 9.71. The van der Waals surface area contributed by atoms with Gasteiger partial charge in [0.1, 0.15) is 0 Å². The van der Waals surface area contributed by atoms with E-state index in [-0.39, 0.29) is 5.90 Å². The maximum absolute atomic E-state index is 7.84. The Kier molecular flexibility index (Phi) is 10.8. The first kappa shape index (κ1) is 25.7. The van der Waals surface area contributed by atoms with Crippen molar-refractivity contribution in [2.75, 3.05) is 6.61 Å². The molecule has 1 N–H and O–H groups in total. The van der Waals surface area contributed by atoms with E-state index in [2.05, 4.69) is 58.5 Å². The topological polar surface area (TPSA) is 33.1 Å². The highest BCUT2D eigenvalue weighted by Gasteiger charge is 2.27. The van der Waals surface area contributed by atoms with Crippen LogP contribution in [0.2, 0.25) is 0 Å². The van der Waals surface area contributed by atoms with Crippen LogP contribution in [0.15, 0.2) is 36.4 Å². The maximum atomic E-state index is 7.84. The first-order valence-electron chi connectivity index (χ1n) is 12.9. The van der Waals surface area contributed by atoms with Gasteiger partial charge in [-0.3, -0.25) is 5.41 Å². The molecule has 1 fully saturated rings. The van der Waals surface area contributed by atoms with E-state index in [0.29, 0.717) is 18.1 Å². The lowest BCUT2D eigenvalue weighted by Gasteiger charge is -2.34. The van der Waals surface area contributed by atoms with Gasteiger partial charge in [0, 0.05) is 11.5 Å². The first-order valence-corrected chi connectivity index (χ1v) is 12.9. The number of nitrogens with one attached hydrogen (secondary N) is 1. The standard InChI is InChI=1S/C29H47NO/c1-7-22(6)10-11-23(8-2)25-12-16-27(17-13-25)28-18-14-26(15-19-28)24(9-3)20-31-29(30)21(4)5/h14-15,18-19,22-25,27,30H,4,7-13,16-17,20H2,1-3,5-6H3. The van der Waals surface area contributed by atoms with Crippen LogP contribution >= 0.6 is 0 Å². The summed E-state index contributed by atoms with van der Waals surface area (Å²) < 4.78 is 5.63. The van der Waals surface area contributed by atoms with E-state index in [0.717, 1.165) is 30.1 Å². The molecule has 1 aliphatic carbocycles. The summed E-state index contributed by atoms with van der Waals surface area (Å²) >= 11 is 0. The van der Waals surface area contributed by atoms with Gasteiger partial charge in [-0.1, -0.05) is 77.8 Å². The molecular formula is C29H47NO. The van der Waals surface area contributed by atoms with E-state index in [4.69, 9.17) is 10.1 Å². The Morgan fingerprint density at radius 3 is 2.16 bits per heavy atom. The highest BCUT2D eigenvalue weighted by Crippen LogP contribution is 2.41. The van der Waals surface area contributed by atoms with Crippen molar-refractivity contribution in [2.24, 2.45) is 17.8 Å². The largest absolute Gasteiger partial charge is 0.477 e. The molecule has 3 atom stereocenters. The molecule has 1 aromatic rings. The molecule has 0 heterocycles. The highest BCUT2D eigenvalue weighted by atomic mass is 16.5. The fourth-order valence-electron chi connectivity index (χ4n) is 5.20. The number of benzene rings is 1. The number of rotatable bonds is 12. The minimum Gasteiger partial charge on any atom is -0.477 e. The van der Waals surface area contributed by atoms with Gasteiger partial charge in [0.15, 0.2) is 0 Å². The quantitative estimate of drug-likeness (QED) is 0.263. The summed E-state index contributed by atoms with van der Waals surface area (Å²) in [5.74, 6) is 4.02. The summed E-state index contributed by atoms with van der Waals surface area (Å²) in [4.78, 5) is 0. The van der Waals surface area contributed by atoms with Gasteiger partial charge in [-0.15, -0.1) is 0 Å². The Balaban J connectivity index is 1.88. The van der Waals surface area contributed by atoms with Crippen molar-refractivity contribution >= 4 is 5.90 Å². The van der Waals surface area contributed by atoms with Crippen molar-refractivity contribution in [2.45, 2.75) is 104 Å². The third kappa shape index (κ3) is 7.81. The molecule has 3 unspecified atom stereocenters.